The Morgan fingerprint density at radius 3 is 2.48 bits per heavy atom. The average molecular weight is 341 g/mol. The molecule has 0 bridgehead atoms. The van der Waals surface area contributed by atoms with Crippen LogP contribution >= 0.6 is 0 Å². The minimum absolute atomic E-state index is 0.00221. The Hall–Kier alpha value is -2.07. The van der Waals surface area contributed by atoms with E-state index in [-0.39, 0.29) is 5.54 Å². The van der Waals surface area contributed by atoms with Crippen LogP contribution in [-0.4, -0.2) is 42.5 Å². The second-order valence-electron chi connectivity index (χ2n) is 7.17. The van der Waals surface area contributed by atoms with E-state index < -0.39 is 0 Å². The first-order chi connectivity index (χ1) is 11.9. The van der Waals surface area contributed by atoms with Gasteiger partial charge in [-0.2, -0.15) is 0 Å². The van der Waals surface area contributed by atoms with Gasteiger partial charge in [-0.15, -0.1) is 0 Å². The summed E-state index contributed by atoms with van der Waals surface area (Å²) in [5.74, 6) is 1.01. The van der Waals surface area contributed by atoms with Crippen molar-refractivity contribution in [2.24, 2.45) is 10.7 Å². The minimum atomic E-state index is 0.00221. The van der Waals surface area contributed by atoms with E-state index in [0.717, 1.165) is 43.2 Å². The number of nitrogens with one attached hydrogen (secondary N) is 1. The molecule has 3 N–H and O–H groups in total. The number of rotatable bonds is 8. The molecule has 0 spiro atoms. The van der Waals surface area contributed by atoms with Gasteiger partial charge in [0, 0.05) is 18.8 Å². The van der Waals surface area contributed by atoms with E-state index in [2.05, 4.69) is 74.8 Å². The maximum Gasteiger partial charge on any atom is 0.124 e. The van der Waals surface area contributed by atoms with Gasteiger partial charge in [0.1, 0.15) is 5.84 Å². The van der Waals surface area contributed by atoms with Crippen molar-refractivity contribution in [3.05, 3.63) is 53.6 Å². The van der Waals surface area contributed by atoms with E-state index in [1.807, 2.05) is 0 Å². The van der Waals surface area contributed by atoms with Gasteiger partial charge in [0.15, 0.2) is 0 Å². The minimum Gasteiger partial charge on any atom is -0.370 e. The van der Waals surface area contributed by atoms with Crippen molar-refractivity contribution in [1.82, 2.24) is 10.2 Å². The largest absolute Gasteiger partial charge is 0.370 e. The Kier molecular flexibility index (Phi) is 6.43. The van der Waals surface area contributed by atoms with E-state index in [4.69, 9.17) is 10.7 Å². The van der Waals surface area contributed by atoms with Crippen molar-refractivity contribution in [2.75, 3.05) is 26.2 Å². The zero-order valence-electron chi connectivity index (χ0n) is 16.1. The van der Waals surface area contributed by atoms with Gasteiger partial charge in [0.05, 0.1) is 12.1 Å². The molecule has 0 radical (unpaired) electrons. The summed E-state index contributed by atoms with van der Waals surface area (Å²) in [5.41, 5.74) is 10.3. The molecule has 4 heteroatoms. The lowest BCUT2D eigenvalue weighted by atomic mass is 10.1. The Bertz CT molecular complexity index is 653. The molecule has 0 saturated carbocycles. The van der Waals surface area contributed by atoms with Crippen molar-refractivity contribution in [1.29, 1.82) is 0 Å². The fourth-order valence-corrected chi connectivity index (χ4v) is 3.19. The monoisotopic (exact) mass is 340 g/mol. The molecule has 2 rings (SSSR count). The number of likely N-dealkylation sites (N-methyl/N-ethyl adjacent to an activating group) is 1. The van der Waals surface area contributed by atoms with Crippen LogP contribution in [0, 0.1) is 0 Å². The second-order valence-corrected chi connectivity index (χ2v) is 7.17. The van der Waals surface area contributed by atoms with Crippen LogP contribution in [0.4, 0.5) is 0 Å². The van der Waals surface area contributed by atoms with Gasteiger partial charge >= 0.3 is 0 Å². The van der Waals surface area contributed by atoms with Crippen LogP contribution in [0.1, 0.15) is 38.8 Å². The zero-order chi connectivity index (χ0) is 18.4. The lowest BCUT2D eigenvalue weighted by molar-refractivity contribution is 0.429. The Balaban J connectivity index is 1.95. The van der Waals surface area contributed by atoms with Crippen molar-refractivity contribution < 1.29 is 0 Å². The van der Waals surface area contributed by atoms with Gasteiger partial charge in [-0.25, -0.2) is 0 Å². The molecule has 0 saturated heterocycles. The molecule has 4 nitrogen and oxygen atoms in total. The number of aliphatic imine (C=N–C) groups is 1. The quantitative estimate of drug-likeness (QED) is 0.764. The van der Waals surface area contributed by atoms with E-state index >= 15 is 0 Å². The summed E-state index contributed by atoms with van der Waals surface area (Å²) in [4.78, 5) is 7.02. The number of hydrogen-bond acceptors (Lipinski definition) is 3. The van der Waals surface area contributed by atoms with E-state index in [1.54, 1.807) is 0 Å². The first-order valence-electron chi connectivity index (χ1n) is 9.12. The van der Waals surface area contributed by atoms with Gasteiger partial charge in [-0.3, -0.25) is 4.99 Å². The third-order valence-electron chi connectivity index (χ3n) is 4.51. The molecule has 0 aromatic heterocycles. The Labute approximate surface area is 152 Å². The number of hydrogen-bond donors (Lipinski definition) is 2. The van der Waals surface area contributed by atoms with E-state index in [0.29, 0.717) is 6.54 Å². The van der Waals surface area contributed by atoms with Crippen LogP contribution < -0.4 is 11.1 Å². The molecule has 136 valence electrons. The van der Waals surface area contributed by atoms with Gasteiger partial charge in [0.2, 0.25) is 0 Å². The molecule has 0 amide bonds. The summed E-state index contributed by atoms with van der Waals surface area (Å²) in [6.45, 7) is 16.1. The molecule has 0 fully saturated rings. The van der Waals surface area contributed by atoms with Crippen LogP contribution in [0.3, 0.4) is 0 Å². The summed E-state index contributed by atoms with van der Waals surface area (Å²) < 4.78 is 0. The predicted octanol–water partition coefficient (Wildman–Crippen LogP) is 3.21. The number of nitrogens with two attached hydrogens (primary N) is 1. The van der Waals surface area contributed by atoms with Gasteiger partial charge in [-0.05, 0) is 57.4 Å². The lowest BCUT2D eigenvalue weighted by Crippen LogP contribution is -2.36. The molecular weight excluding hydrogens is 308 g/mol. The van der Waals surface area contributed by atoms with Crippen molar-refractivity contribution in [3.8, 4) is 0 Å². The standard InChI is InChI=1S/C21H32N4/c1-6-25(14-13-23-20-16(2)15-21(4,5)24-20)17(3)19-9-7-18(8-10-19)11-12-22/h7-10,15H,3,6,11-14,22H2,1-2,4-5H3,(H,23,24). The third kappa shape index (κ3) is 5.20. The third-order valence-corrected chi connectivity index (χ3v) is 4.51. The molecule has 1 heterocycles. The molecule has 25 heavy (non-hydrogen) atoms. The maximum atomic E-state index is 5.61. The highest BCUT2D eigenvalue weighted by atomic mass is 15.1. The number of nitrogens with zero attached hydrogens (tertiary/aromatic N) is 2. The summed E-state index contributed by atoms with van der Waals surface area (Å²) in [6.07, 6.45) is 3.14. The summed E-state index contributed by atoms with van der Waals surface area (Å²) in [6, 6.07) is 8.55. The summed E-state index contributed by atoms with van der Waals surface area (Å²) in [5, 5.41) is 3.46. The molecule has 0 aliphatic carbocycles. The number of benzene rings is 1. The summed E-state index contributed by atoms with van der Waals surface area (Å²) in [7, 11) is 0. The van der Waals surface area contributed by atoms with Gasteiger partial charge in [0.25, 0.3) is 0 Å². The normalized spacial score (nSPS) is 17.3. The van der Waals surface area contributed by atoms with Gasteiger partial charge in [-0.1, -0.05) is 36.9 Å². The van der Waals surface area contributed by atoms with E-state index in [1.165, 1.54) is 11.1 Å². The Morgan fingerprint density at radius 2 is 1.96 bits per heavy atom. The van der Waals surface area contributed by atoms with Crippen LogP contribution in [0.2, 0.25) is 0 Å². The predicted molar refractivity (Wildman–Crippen MR) is 109 cm³/mol. The molecule has 1 aromatic rings. The molecule has 1 aromatic carbocycles. The van der Waals surface area contributed by atoms with Crippen molar-refractivity contribution in [3.63, 3.8) is 0 Å². The van der Waals surface area contributed by atoms with E-state index in [9.17, 15) is 0 Å². The number of amidine groups is 1. The molecule has 1 aliphatic heterocycles. The topological polar surface area (TPSA) is 53.6 Å². The SMILES string of the molecule is C=C(c1ccc(CCN)cc1)N(CC)CCN=C1NC(C)(C)C=C1C. The lowest BCUT2D eigenvalue weighted by Gasteiger charge is -2.25. The highest BCUT2D eigenvalue weighted by Gasteiger charge is 2.24. The molecule has 1 aliphatic rings. The first-order valence-corrected chi connectivity index (χ1v) is 9.12. The molecule has 0 atom stereocenters. The summed E-state index contributed by atoms with van der Waals surface area (Å²) >= 11 is 0. The fraction of sp³-hybridized carbons (Fsp3) is 0.476. The van der Waals surface area contributed by atoms with Crippen LogP contribution in [0.25, 0.3) is 5.70 Å². The van der Waals surface area contributed by atoms with Gasteiger partial charge < -0.3 is 16.0 Å². The highest BCUT2D eigenvalue weighted by Crippen LogP contribution is 2.19. The maximum absolute atomic E-state index is 5.61. The zero-order valence-corrected chi connectivity index (χ0v) is 16.1. The molecule has 0 unspecified atom stereocenters. The fourth-order valence-electron chi connectivity index (χ4n) is 3.19. The van der Waals surface area contributed by atoms with Crippen molar-refractivity contribution >= 4 is 11.5 Å². The Morgan fingerprint density at radius 1 is 1.28 bits per heavy atom. The highest BCUT2D eigenvalue weighted by molar-refractivity contribution is 6.01. The average Bonchev–Trinajstić information content (AvgIpc) is 2.84. The first kappa shape index (κ1) is 19.3. The van der Waals surface area contributed by atoms with Crippen LogP contribution in [0.15, 0.2) is 47.5 Å². The van der Waals surface area contributed by atoms with Crippen molar-refractivity contribution in [2.45, 2.75) is 39.7 Å². The van der Waals surface area contributed by atoms with Crippen LogP contribution in [0.5, 0.6) is 0 Å². The molecular formula is C21H32N4. The second kappa shape index (κ2) is 8.34. The smallest absolute Gasteiger partial charge is 0.124 e. The van der Waals surface area contributed by atoms with Crippen LogP contribution in [-0.2, 0) is 6.42 Å².